The normalized spacial score (nSPS) is 24.2. The van der Waals surface area contributed by atoms with Gasteiger partial charge >= 0.3 is 0 Å². The molecule has 2 saturated heterocycles. The van der Waals surface area contributed by atoms with Crippen LogP contribution < -0.4 is 15.1 Å². The molecular formula is C36H43FN4O5Si. The molecule has 4 atom stereocenters. The number of fused-ring (bicyclic) bond motifs is 2. The number of nitrogens with zero attached hydrogens (tertiary/aromatic N) is 3. The summed E-state index contributed by atoms with van der Waals surface area (Å²) in [6.45, 7) is 7.28. The minimum atomic E-state index is -3.47. The Morgan fingerprint density at radius 2 is 1.74 bits per heavy atom. The lowest BCUT2D eigenvalue weighted by Crippen LogP contribution is -2.48. The Hall–Kier alpha value is -3.90. The van der Waals surface area contributed by atoms with Gasteiger partial charge in [0.2, 0.25) is 20.2 Å². The number of nitrogens with one attached hydrogen (secondary N) is 1. The molecule has 0 aliphatic carbocycles. The lowest BCUT2D eigenvalue weighted by atomic mass is 9.82. The van der Waals surface area contributed by atoms with Crippen LogP contribution in [-0.2, 0) is 37.8 Å². The summed E-state index contributed by atoms with van der Waals surface area (Å²) < 4.78 is 23.1. The maximum atomic E-state index is 16.3. The number of para-hydroxylation sites is 1. The highest BCUT2D eigenvalue weighted by atomic mass is 28.4. The van der Waals surface area contributed by atoms with Gasteiger partial charge < -0.3 is 34.0 Å². The van der Waals surface area contributed by atoms with Gasteiger partial charge in [0.15, 0.2) is 5.60 Å². The van der Waals surface area contributed by atoms with Crippen molar-refractivity contribution in [2.75, 3.05) is 42.6 Å². The van der Waals surface area contributed by atoms with Gasteiger partial charge in [-0.05, 0) is 42.4 Å². The fourth-order valence-corrected chi connectivity index (χ4v) is 10.2. The van der Waals surface area contributed by atoms with Crippen LogP contribution in [-0.4, -0.2) is 75.0 Å². The van der Waals surface area contributed by atoms with Crippen molar-refractivity contribution < 1.29 is 28.3 Å². The summed E-state index contributed by atoms with van der Waals surface area (Å²) in [5.74, 6) is -1.02. The average Bonchev–Trinajstić information content (AvgIpc) is 3.48. The SMILES string of the molecule is C[C@@H]1[C@@H]([Si](C)(C)F)[C@H](CC(=O)N(CCO)Cc2ccccc2)O[C@@]12C(=O)N(Cc1ccc(N3CCNCC3=O)cc1)c1ccccc12. The molecule has 11 heteroatoms. The number of ether oxygens (including phenoxy) is 1. The number of hydrogen-bond donors (Lipinski definition) is 2. The molecule has 47 heavy (non-hydrogen) atoms. The molecular weight excluding hydrogens is 616 g/mol. The first-order valence-corrected chi connectivity index (χ1v) is 19.3. The largest absolute Gasteiger partial charge is 0.395 e. The quantitative estimate of drug-likeness (QED) is 0.248. The van der Waals surface area contributed by atoms with Gasteiger partial charge in [0.25, 0.3) is 5.91 Å². The Morgan fingerprint density at radius 3 is 2.43 bits per heavy atom. The Balaban J connectivity index is 1.28. The Labute approximate surface area is 276 Å². The zero-order valence-electron chi connectivity index (χ0n) is 27.2. The van der Waals surface area contributed by atoms with E-state index in [1.54, 1.807) is 27.8 Å². The zero-order valence-corrected chi connectivity index (χ0v) is 28.2. The van der Waals surface area contributed by atoms with Crippen molar-refractivity contribution in [1.29, 1.82) is 0 Å². The fourth-order valence-electron chi connectivity index (χ4n) is 7.72. The maximum Gasteiger partial charge on any atom is 0.264 e. The molecule has 9 nitrogen and oxygen atoms in total. The molecule has 2 N–H and O–H groups in total. The molecule has 3 aromatic rings. The van der Waals surface area contributed by atoms with Crippen LogP contribution in [0.2, 0.25) is 18.6 Å². The van der Waals surface area contributed by atoms with Gasteiger partial charge in [-0.3, -0.25) is 14.4 Å². The van der Waals surface area contributed by atoms with Crippen molar-refractivity contribution in [2.24, 2.45) is 5.92 Å². The number of aliphatic hydroxyl groups excluding tert-OH is 1. The number of carbonyl (C=O) groups excluding carboxylic acids is 3. The van der Waals surface area contributed by atoms with E-state index in [-0.39, 0.29) is 43.8 Å². The summed E-state index contributed by atoms with van der Waals surface area (Å²) in [7, 11) is -3.47. The van der Waals surface area contributed by atoms with Gasteiger partial charge in [0.05, 0.1) is 37.9 Å². The number of hydrogen-bond acceptors (Lipinski definition) is 6. The topological polar surface area (TPSA) is 102 Å². The molecule has 0 aromatic heterocycles. The van der Waals surface area contributed by atoms with Crippen molar-refractivity contribution >= 4 is 37.5 Å². The second-order valence-electron chi connectivity index (χ2n) is 13.3. The van der Waals surface area contributed by atoms with Gasteiger partial charge in [0, 0.05) is 48.9 Å². The lowest BCUT2D eigenvalue weighted by molar-refractivity contribution is -0.150. The summed E-state index contributed by atoms with van der Waals surface area (Å²) in [5, 5.41) is 12.8. The van der Waals surface area contributed by atoms with E-state index in [0.717, 1.165) is 23.4 Å². The monoisotopic (exact) mass is 658 g/mol. The highest BCUT2D eigenvalue weighted by Gasteiger charge is 2.67. The fraction of sp³-hybridized carbons (Fsp3) is 0.417. The number of carbonyl (C=O) groups is 3. The summed E-state index contributed by atoms with van der Waals surface area (Å²) in [6, 6.07) is 24.7. The number of amides is 3. The maximum absolute atomic E-state index is 16.3. The third-order valence-corrected chi connectivity index (χ3v) is 12.3. The van der Waals surface area contributed by atoms with Crippen LogP contribution >= 0.6 is 0 Å². The third kappa shape index (κ3) is 6.25. The molecule has 3 aliphatic heterocycles. The zero-order chi connectivity index (χ0) is 33.3. The van der Waals surface area contributed by atoms with E-state index in [1.807, 2.05) is 85.8 Å². The molecule has 3 amide bonds. The number of benzene rings is 3. The van der Waals surface area contributed by atoms with Crippen molar-refractivity contribution in [3.63, 3.8) is 0 Å². The minimum Gasteiger partial charge on any atom is -0.395 e. The van der Waals surface area contributed by atoms with Crippen LogP contribution in [0, 0.1) is 5.92 Å². The molecule has 3 heterocycles. The molecule has 1 spiro atoms. The summed E-state index contributed by atoms with van der Waals surface area (Å²) in [4.78, 5) is 45.9. The predicted octanol–water partition coefficient (Wildman–Crippen LogP) is 4.36. The van der Waals surface area contributed by atoms with Crippen LogP contribution in [0.25, 0.3) is 0 Å². The van der Waals surface area contributed by atoms with Gasteiger partial charge in [-0.15, -0.1) is 0 Å². The third-order valence-electron chi connectivity index (χ3n) is 9.86. The van der Waals surface area contributed by atoms with Crippen LogP contribution in [0.5, 0.6) is 0 Å². The van der Waals surface area contributed by atoms with E-state index < -0.39 is 31.6 Å². The first kappa shape index (κ1) is 33.0. The highest BCUT2D eigenvalue weighted by molar-refractivity contribution is 6.72. The number of halogens is 1. The second-order valence-corrected chi connectivity index (χ2v) is 17.1. The lowest BCUT2D eigenvalue weighted by Gasteiger charge is -2.31. The van der Waals surface area contributed by atoms with Crippen LogP contribution in [0.15, 0.2) is 78.9 Å². The molecule has 3 aliphatic rings. The predicted molar refractivity (Wildman–Crippen MR) is 181 cm³/mol. The van der Waals surface area contributed by atoms with Gasteiger partial charge in [-0.2, -0.15) is 0 Å². The molecule has 2 fully saturated rings. The average molecular weight is 659 g/mol. The van der Waals surface area contributed by atoms with Crippen molar-refractivity contribution in [2.45, 2.75) is 56.8 Å². The molecule has 6 rings (SSSR count). The summed E-state index contributed by atoms with van der Waals surface area (Å²) in [5.41, 5.74) is 1.96. The van der Waals surface area contributed by atoms with Crippen molar-refractivity contribution in [1.82, 2.24) is 10.2 Å². The van der Waals surface area contributed by atoms with E-state index in [2.05, 4.69) is 5.32 Å². The Bertz CT molecular complexity index is 1620. The molecule has 0 bridgehead atoms. The van der Waals surface area contributed by atoms with E-state index >= 15 is 4.11 Å². The van der Waals surface area contributed by atoms with Gasteiger partial charge in [0.1, 0.15) is 0 Å². The van der Waals surface area contributed by atoms with E-state index in [1.165, 1.54) is 0 Å². The molecule has 3 aromatic carbocycles. The minimum absolute atomic E-state index is 0.0171. The van der Waals surface area contributed by atoms with Crippen LogP contribution in [0.1, 0.15) is 30.0 Å². The first-order valence-electron chi connectivity index (χ1n) is 16.4. The number of piperazine rings is 1. The van der Waals surface area contributed by atoms with Crippen molar-refractivity contribution in [3.8, 4) is 0 Å². The first-order chi connectivity index (χ1) is 22.5. The van der Waals surface area contributed by atoms with E-state index in [4.69, 9.17) is 4.74 Å². The molecule has 0 saturated carbocycles. The summed E-state index contributed by atoms with van der Waals surface area (Å²) >= 11 is 0. The second kappa shape index (κ2) is 13.3. The van der Waals surface area contributed by atoms with E-state index in [9.17, 15) is 19.5 Å². The number of aliphatic hydroxyl groups is 1. The molecule has 248 valence electrons. The standard InChI is InChI=1S/C36H43FN4O5Si/c1-25-34(47(2,3)37)31(21-32(43)39(19-20-42)23-26-9-5-4-6-10-26)46-36(25)29-11-7-8-12-30(29)41(35(36)45)24-27-13-15-28(16-14-27)40-18-17-38-22-33(40)44/h4-16,25,31,34,38,42H,17-24H2,1-3H3/t25-,31+,34-,36+/m1/s1. The van der Waals surface area contributed by atoms with Crippen LogP contribution in [0.3, 0.4) is 0 Å². The van der Waals surface area contributed by atoms with Gasteiger partial charge in [-0.25, -0.2) is 0 Å². The summed E-state index contributed by atoms with van der Waals surface area (Å²) in [6.07, 6.45) is -0.903. The van der Waals surface area contributed by atoms with Gasteiger partial charge in [-0.1, -0.05) is 67.6 Å². The van der Waals surface area contributed by atoms with Crippen molar-refractivity contribution in [3.05, 3.63) is 95.6 Å². The number of rotatable bonds is 10. The van der Waals surface area contributed by atoms with E-state index in [0.29, 0.717) is 30.9 Å². The molecule has 0 unspecified atom stereocenters. The molecule has 0 radical (unpaired) electrons. The smallest absolute Gasteiger partial charge is 0.264 e. The van der Waals surface area contributed by atoms with Crippen LogP contribution in [0.4, 0.5) is 15.5 Å². The Kier molecular flexibility index (Phi) is 9.35. The Morgan fingerprint density at radius 1 is 1.04 bits per heavy atom. The highest BCUT2D eigenvalue weighted by Crippen LogP contribution is 2.60. The number of anilines is 2.